The number of halogens is 2. The topological polar surface area (TPSA) is 79.4 Å². The maximum absolute atomic E-state index is 13.5. The zero-order valence-corrected chi connectivity index (χ0v) is 22.4. The van der Waals surface area contributed by atoms with Crippen LogP contribution in [0.3, 0.4) is 0 Å². The molecular weight excluding hydrogens is 490 g/mol. The lowest BCUT2D eigenvalue weighted by molar-refractivity contribution is 0.0776. The summed E-state index contributed by atoms with van der Waals surface area (Å²) < 4.78 is 34.4. The fourth-order valence-corrected chi connectivity index (χ4v) is 6.10. The number of rotatable bonds is 8. The first-order chi connectivity index (χ1) is 18.1. The Morgan fingerprint density at radius 2 is 1.92 bits per heavy atom. The molecule has 2 fully saturated rings. The van der Waals surface area contributed by atoms with Gasteiger partial charge < -0.3 is 24.5 Å². The van der Waals surface area contributed by atoms with Gasteiger partial charge in [-0.05, 0) is 64.8 Å². The van der Waals surface area contributed by atoms with E-state index in [2.05, 4.69) is 26.7 Å². The molecule has 204 valence electrons. The number of ether oxygens (including phenoxy) is 1. The van der Waals surface area contributed by atoms with Crippen molar-refractivity contribution in [2.24, 2.45) is 11.8 Å². The van der Waals surface area contributed by atoms with E-state index in [0.29, 0.717) is 35.0 Å². The average Bonchev–Trinajstić information content (AvgIpc) is 3.36. The van der Waals surface area contributed by atoms with Crippen LogP contribution in [0, 0.1) is 25.7 Å². The van der Waals surface area contributed by atoms with Crippen LogP contribution >= 0.6 is 0 Å². The number of carbonyl (C=O) groups is 1. The molecule has 2 aromatic heterocycles. The summed E-state index contributed by atoms with van der Waals surface area (Å²) in [4.78, 5) is 30.9. The number of alkyl halides is 2. The minimum absolute atomic E-state index is 0.0216. The van der Waals surface area contributed by atoms with Crippen LogP contribution in [0.4, 0.5) is 8.78 Å². The molecule has 38 heavy (non-hydrogen) atoms. The van der Waals surface area contributed by atoms with Gasteiger partial charge in [-0.1, -0.05) is 18.2 Å². The van der Waals surface area contributed by atoms with Gasteiger partial charge in [-0.3, -0.25) is 9.59 Å². The first kappa shape index (κ1) is 26.4. The van der Waals surface area contributed by atoms with Crippen molar-refractivity contribution in [1.82, 2.24) is 19.8 Å². The molecule has 0 radical (unpaired) electrons. The van der Waals surface area contributed by atoms with Crippen molar-refractivity contribution in [1.29, 1.82) is 0 Å². The number of carbonyl (C=O) groups excluding carboxylic acids is 1. The summed E-state index contributed by atoms with van der Waals surface area (Å²) in [5.41, 5.74) is 3.24. The van der Waals surface area contributed by atoms with Crippen molar-refractivity contribution >= 4 is 16.8 Å². The largest absolute Gasteiger partial charge is 0.496 e. The van der Waals surface area contributed by atoms with E-state index in [1.165, 1.54) is 7.11 Å². The Morgan fingerprint density at radius 1 is 1.24 bits per heavy atom. The van der Waals surface area contributed by atoms with Gasteiger partial charge in [-0.25, -0.2) is 8.78 Å². The highest BCUT2D eigenvalue weighted by atomic mass is 19.3. The molecule has 2 atom stereocenters. The molecule has 1 aliphatic heterocycles. The zero-order chi connectivity index (χ0) is 27.2. The maximum atomic E-state index is 13.5. The number of aromatic nitrogens is 2. The van der Waals surface area contributed by atoms with Gasteiger partial charge in [-0.15, -0.1) is 0 Å². The van der Waals surface area contributed by atoms with Gasteiger partial charge in [0, 0.05) is 47.2 Å². The molecule has 9 heteroatoms. The quantitative estimate of drug-likeness (QED) is 0.442. The highest BCUT2D eigenvalue weighted by molar-refractivity contribution is 6.08. The van der Waals surface area contributed by atoms with Crippen LogP contribution < -0.4 is 15.6 Å². The molecule has 1 saturated heterocycles. The number of hydrogen-bond donors (Lipinski definition) is 2. The average molecular weight is 527 g/mol. The predicted octanol–water partition coefficient (Wildman–Crippen LogP) is 4.81. The van der Waals surface area contributed by atoms with Crippen molar-refractivity contribution in [3.8, 4) is 5.75 Å². The number of piperidine rings is 1. The van der Waals surface area contributed by atoms with E-state index in [1.807, 2.05) is 31.2 Å². The molecule has 1 aromatic carbocycles. The molecule has 1 amide bonds. The van der Waals surface area contributed by atoms with Crippen molar-refractivity contribution in [2.45, 2.75) is 58.5 Å². The first-order valence-corrected chi connectivity index (χ1v) is 13.4. The fraction of sp³-hybridized carbons (Fsp3) is 0.517. The molecule has 3 aromatic rings. The number of methoxy groups -OCH3 is 1. The Labute approximate surface area is 221 Å². The van der Waals surface area contributed by atoms with E-state index in [1.54, 1.807) is 13.0 Å². The lowest BCUT2D eigenvalue weighted by Crippen LogP contribution is -2.38. The Balaban J connectivity index is 1.34. The van der Waals surface area contributed by atoms with Crippen molar-refractivity contribution in [2.75, 3.05) is 26.7 Å². The third kappa shape index (κ3) is 4.96. The van der Waals surface area contributed by atoms with Crippen molar-refractivity contribution in [3.05, 3.63) is 63.2 Å². The van der Waals surface area contributed by atoms with Gasteiger partial charge in [0.05, 0.1) is 24.8 Å². The molecule has 7 nitrogen and oxygen atoms in total. The van der Waals surface area contributed by atoms with Gasteiger partial charge in [0.25, 0.3) is 17.4 Å². The third-order valence-corrected chi connectivity index (χ3v) is 8.41. The van der Waals surface area contributed by atoms with Crippen LogP contribution in [-0.2, 0) is 6.54 Å². The molecule has 1 saturated carbocycles. The second kappa shape index (κ2) is 10.2. The molecule has 1 aliphatic carbocycles. The summed E-state index contributed by atoms with van der Waals surface area (Å²) in [7, 11) is 1.50. The van der Waals surface area contributed by atoms with Crippen molar-refractivity contribution in [3.63, 3.8) is 0 Å². The van der Waals surface area contributed by atoms with Gasteiger partial charge in [0.2, 0.25) is 0 Å². The Bertz CT molecular complexity index is 1400. The Kier molecular flexibility index (Phi) is 7.07. The van der Waals surface area contributed by atoms with Gasteiger partial charge in [0.1, 0.15) is 5.75 Å². The summed E-state index contributed by atoms with van der Waals surface area (Å²) in [5.74, 6) is -2.38. The molecule has 0 bridgehead atoms. The number of nitrogens with zero attached hydrogens (tertiary/aromatic N) is 2. The van der Waals surface area contributed by atoms with E-state index in [0.717, 1.165) is 42.5 Å². The molecule has 2 aliphatic rings. The minimum Gasteiger partial charge on any atom is -0.496 e. The standard InChI is InChI=1S/C29H36F2N4O3/c1-17-13-25(38-4)23(27(36)33-17)15-32-28(37)26-19(3)35(24-8-6-5-7-22(24)26)18(2)20-9-11-34(12-10-20)16-21-14-29(21,30)31/h5-8,13,18,20-21H,9-12,14-16H2,1-4H3,(H,32,37)(H,33,36)/t18-,21?/m1/s1. The number of benzene rings is 1. The molecule has 3 heterocycles. The van der Waals surface area contributed by atoms with Crippen LogP contribution in [-0.4, -0.2) is 53.0 Å². The van der Waals surface area contributed by atoms with E-state index in [9.17, 15) is 18.4 Å². The number of amides is 1. The summed E-state index contributed by atoms with van der Waals surface area (Å²) in [6.45, 7) is 8.10. The second-order valence-corrected chi connectivity index (χ2v) is 10.9. The first-order valence-electron chi connectivity index (χ1n) is 13.4. The zero-order valence-electron chi connectivity index (χ0n) is 22.4. The van der Waals surface area contributed by atoms with Crippen LogP contribution in [0.1, 0.15) is 59.5 Å². The van der Waals surface area contributed by atoms with Crippen molar-refractivity contribution < 1.29 is 18.3 Å². The Hall–Kier alpha value is -3.20. The van der Waals surface area contributed by atoms with Gasteiger partial charge in [0.15, 0.2) is 0 Å². The third-order valence-electron chi connectivity index (χ3n) is 8.41. The lowest BCUT2D eigenvalue weighted by Gasteiger charge is -2.36. The van der Waals surface area contributed by atoms with Gasteiger partial charge >= 0.3 is 0 Å². The van der Waals surface area contributed by atoms with Crippen LogP contribution in [0.25, 0.3) is 10.9 Å². The fourth-order valence-electron chi connectivity index (χ4n) is 6.10. The number of aromatic amines is 1. The molecule has 2 N–H and O–H groups in total. The summed E-state index contributed by atoms with van der Waals surface area (Å²) >= 11 is 0. The van der Waals surface area contributed by atoms with E-state index in [-0.39, 0.29) is 30.5 Å². The monoisotopic (exact) mass is 526 g/mol. The minimum atomic E-state index is -2.47. The maximum Gasteiger partial charge on any atom is 0.256 e. The van der Waals surface area contributed by atoms with Gasteiger partial charge in [-0.2, -0.15) is 0 Å². The highest BCUT2D eigenvalue weighted by Gasteiger charge is 2.57. The number of likely N-dealkylation sites (tertiary alicyclic amines) is 1. The van der Waals surface area contributed by atoms with Crippen LogP contribution in [0.15, 0.2) is 35.1 Å². The summed E-state index contributed by atoms with van der Waals surface area (Å²) in [6.07, 6.45) is 1.89. The van der Waals surface area contributed by atoms with E-state index >= 15 is 0 Å². The number of para-hydroxylation sites is 1. The summed E-state index contributed by atoms with van der Waals surface area (Å²) in [5, 5.41) is 3.80. The molecule has 0 spiro atoms. The summed E-state index contributed by atoms with van der Waals surface area (Å²) in [6, 6.07) is 9.77. The molecule has 1 unspecified atom stereocenters. The van der Waals surface area contributed by atoms with E-state index < -0.39 is 11.8 Å². The number of nitrogens with one attached hydrogen (secondary N) is 2. The Morgan fingerprint density at radius 3 is 2.58 bits per heavy atom. The number of pyridine rings is 1. The van der Waals surface area contributed by atoms with Crippen LogP contribution in [0.2, 0.25) is 0 Å². The predicted molar refractivity (Wildman–Crippen MR) is 143 cm³/mol. The SMILES string of the molecule is COc1cc(C)[nH]c(=O)c1CNC(=O)c1c(C)n([C@H](C)C2CCN(CC3CC3(F)F)CC2)c2ccccc12. The normalized spacial score (nSPS) is 20.4. The second-order valence-electron chi connectivity index (χ2n) is 10.9. The molecule has 5 rings (SSSR count). The molecular formula is C29H36F2N4O3. The van der Waals surface area contributed by atoms with E-state index in [4.69, 9.17) is 4.74 Å². The smallest absolute Gasteiger partial charge is 0.256 e. The number of fused-ring (bicyclic) bond motifs is 1. The number of aryl methyl sites for hydroxylation is 1. The lowest BCUT2D eigenvalue weighted by atomic mass is 9.89. The number of H-pyrrole nitrogens is 1. The number of hydrogen-bond acceptors (Lipinski definition) is 4. The van der Waals surface area contributed by atoms with Crippen LogP contribution in [0.5, 0.6) is 5.75 Å². The highest BCUT2D eigenvalue weighted by Crippen LogP contribution is 2.49.